The van der Waals surface area contributed by atoms with Crippen LogP contribution >= 0.6 is 0 Å². The molecule has 0 aliphatic rings. The maximum Gasteiger partial charge on any atom is 0.320 e. The molecule has 3 rings (SSSR count). The van der Waals surface area contributed by atoms with Gasteiger partial charge in [-0.15, -0.1) is 0 Å². The molecular formula is C21H23N5O2. The Balaban J connectivity index is 2.11. The predicted octanol–water partition coefficient (Wildman–Crippen LogP) is 3.16. The summed E-state index contributed by atoms with van der Waals surface area (Å²) in [4.78, 5) is 31.7. The van der Waals surface area contributed by atoms with Gasteiger partial charge in [0.25, 0.3) is 0 Å². The van der Waals surface area contributed by atoms with E-state index in [1.165, 1.54) is 0 Å². The zero-order valence-electron chi connectivity index (χ0n) is 16.0. The fourth-order valence-electron chi connectivity index (χ4n) is 3.13. The molecule has 0 radical (unpaired) electrons. The van der Waals surface area contributed by atoms with Crippen molar-refractivity contribution in [2.24, 2.45) is 5.73 Å². The Morgan fingerprint density at radius 1 is 1.11 bits per heavy atom. The molecule has 0 atom stereocenters. The molecule has 0 saturated heterocycles. The molecule has 0 aliphatic heterocycles. The van der Waals surface area contributed by atoms with Gasteiger partial charge in [0.05, 0.1) is 0 Å². The van der Waals surface area contributed by atoms with Crippen LogP contribution in [-0.4, -0.2) is 28.5 Å². The number of fused-ring (bicyclic) bond motifs is 1. The lowest BCUT2D eigenvalue weighted by Gasteiger charge is -2.13. The van der Waals surface area contributed by atoms with Crippen LogP contribution in [0, 0.1) is 6.92 Å². The molecule has 0 aliphatic carbocycles. The summed E-state index contributed by atoms with van der Waals surface area (Å²) in [6.45, 7) is 4.32. The summed E-state index contributed by atoms with van der Waals surface area (Å²) in [5.74, 6) is 0.113. The summed E-state index contributed by atoms with van der Waals surface area (Å²) in [5.41, 5.74) is 9.24. The normalized spacial score (nSPS) is 10.6. The van der Waals surface area contributed by atoms with Gasteiger partial charge in [-0.3, -0.25) is 15.1 Å². The van der Waals surface area contributed by atoms with Gasteiger partial charge in [-0.05, 0) is 60.5 Å². The molecule has 0 fully saturated rings. The molecule has 144 valence electrons. The number of nitrogens with one attached hydrogen (secondary N) is 2. The maximum absolute atomic E-state index is 11.9. The number of rotatable bonds is 6. The Hall–Kier alpha value is -3.48. The number of anilines is 1. The second kappa shape index (κ2) is 8.47. The average molecular weight is 377 g/mol. The number of carbonyl (C=O) groups excluding carboxylic acids is 2. The third-order valence-electron chi connectivity index (χ3n) is 4.42. The molecule has 0 bridgehead atoms. The van der Waals surface area contributed by atoms with Crippen LogP contribution in [0.2, 0.25) is 0 Å². The zero-order valence-corrected chi connectivity index (χ0v) is 16.0. The highest BCUT2D eigenvalue weighted by molar-refractivity contribution is 6.01. The van der Waals surface area contributed by atoms with Gasteiger partial charge in [-0.25, -0.2) is 9.78 Å². The van der Waals surface area contributed by atoms with E-state index in [9.17, 15) is 9.59 Å². The molecule has 1 aromatic carbocycles. The molecule has 0 unspecified atom stereocenters. The topological polar surface area (TPSA) is 110 Å². The molecule has 2 aromatic heterocycles. The molecule has 0 saturated carbocycles. The van der Waals surface area contributed by atoms with Crippen molar-refractivity contribution in [3.05, 3.63) is 54.0 Å². The number of pyridine rings is 2. The molecule has 3 aromatic rings. The van der Waals surface area contributed by atoms with Gasteiger partial charge in [0.2, 0.25) is 5.91 Å². The van der Waals surface area contributed by atoms with Crippen LogP contribution in [0.25, 0.3) is 21.9 Å². The van der Waals surface area contributed by atoms with Crippen molar-refractivity contribution in [1.29, 1.82) is 0 Å². The zero-order chi connectivity index (χ0) is 20.1. The van der Waals surface area contributed by atoms with Crippen molar-refractivity contribution in [2.45, 2.75) is 26.7 Å². The number of urea groups is 1. The minimum atomic E-state index is -0.343. The summed E-state index contributed by atoms with van der Waals surface area (Å²) in [7, 11) is 0. The standard InChI is InChI=1S/C21H23N5O2/c1-3-23-21(28)26-20-11-17-16(15-8-9-24-13(2)10-15)6-4-14(5-7-19(22)27)18(17)12-25-20/h4,6,8-12H,3,5,7H2,1-2H3,(H2,22,27)(H2,23,25,26,28). The van der Waals surface area contributed by atoms with E-state index in [0.717, 1.165) is 33.2 Å². The quantitative estimate of drug-likeness (QED) is 0.613. The van der Waals surface area contributed by atoms with Crippen LogP contribution in [-0.2, 0) is 11.2 Å². The highest BCUT2D eigenvalue weighted by Crippen LogP contribution is 2.32. The molecule has 28 heavy (non-hydrogen) atoms. The van der Waals surface area contributed by atoms with E-state index in [4.69, 9.17) is 5.73 Å². The third kappa shape index (κ3) is 4.43. The number of hydrogen-bond acceptors (Lipinski definition) is 4. The lowest BCUT2D eigenvalue weighted by atomic mass is 9.94. The van der Waals surface area contributed by atoms with Crippen LogP contribution in [0.3, 0.4) is 0 Å². The van der Waals surface area contributed by atoms with Gasteiger partial charge in [-0.1, -0.05) is 12.1 Å². The number of primary amides is 1. The van der Waals surface area contributed by atoms with E-state index in [0.29, 0.717) is 18.8 Å². The van der Waals surface area contributed by atoms with Gasteiger partial charge in [0, 0.05) is 36.4 Å². The van der Waals surface area contributed by atoms with Crippen LogP contribution in [0.4, 0.5) is 10.6 Å². The van der Waals surface area contributed by atoms with Crippen molar-refractivity contribution >= 4 is 28.5 Å². The van der Waals surface area contributed by atoms with Crippen LogP contribution in [0.1, 0.15) is 24.6 Å². The largest absolute Gasteiger partial charge is 0.370 e. The predicted molar refractivity (Wildman–Crippen MR) is 110 cm³/mol. The Bertz CT molecular complexity index is 1030. The summed E-state index contributed by atoms with van der Waals surface area (Å²) in [6, 6.07) is 9.51. The Kier molecular flexibility index (Phi) is 5.84. The molecule has 7 nitrogen and oxygen atoms in total. The number of amides is 3. The van der Waals surface area contributed by atoms with Crippen LogP contribution < -0.4 is 16.4 Å². The number of benzene rings is 1. The minimum Gasteiger partial charge on any atom is -0.370 e. The molecular weight excluding hydrogens is 354 g/mol. The summed E-state index contributed by atoms with van der Waals surface area (Å²) in [5, 5.41) is 7.30. The van der Waals surface area contributed by atoms with E-state index < -0.39 is 0 Å². The van der Waals surface area contributed by atoms with Crippen LogP contribution in [0.15, 0.2) is 42.7 Å². The Morgan fingerprint density at radius 2 is 1.93 bits per heavy atom. The first-order chi connectivity index (χ1) is 13.5. The van der Waals surface area contributed by atoms with E-state index in [1.54, 1.807) is 12.4 Å². The van der Waals surface area contributed by atoms with E-state index in [2.05, 4.69) is 20.6 Å². The average Bonchev–Trinajstić information content (AvgIpc) is 2.66. The molecule has 4 N–H and O–H groups in total. The number of carbonyl (C=O) groups is 2. The lowest BCUT2D eigenvalue weighted by molar-refractivity contribution is -0.117. The molecule has 7 heteroatoms. The van der Waals surface area contributed by atoms with Crippen molar-refractivity contribution < 1.29 is 9.59 Å². The van der Waals surface area contributed by atoms with Crippen LogP contribution in [0.5, 0.6) is 0 Å². The fourth-order valence-corrected chi connectivity index (χ4v) is 3.13. The fraction of sp³-hybridized carbons (Fsp3) is 0.238. The highest BCUT2D eigenvalue weighted by Gasteiger charge is 2.12. The third-order valence-corrected chi connectivity index (χ3v) is 4.42. The molecule has 3 amide bonds. The first-order valence-electron chi connectivity index (χ1n) is 9.15. The SMILES string of the molecule is CCNC(=O)Nc1cc2c(-c3ccnc(C)c3)ccc(CCC(N)=O)c2cn1. The molecule has 0 spiro atoms. The van der Waals surface area contributed by atoms with Gasteiger partial charge in [0.15, 0.2) is 0 Å². The second-order valence-electron chi connectivity index (χ2n) is 6.52. The number of aryl methyl sites for hydroxylation is 2. The summed E-state index contributed by atoms with van der Waals surface area (Å²) in [6.07, 6.45) is 4.30. The monoisotopic (exact) mass is 377 g/mol. The van der Waals surface area contributed by atoms with Gasteiger partial charge in [0.1, 0.15) is 5.82 Å². The number of nitrogens with zero attached hydrogens (tertiary/aromatic N) is 2. The van der Waals surface area contributed by atoms with Crippen molar-refractivity contribution in [2.75, 3.05) is 11.9 Å². The van der Waals surface area contributed by atoms with Gasteiger partial charge >= 0.3 is 6.03 Å². The lowest BCUT2D eigenvalue weighted by Crippen LogP contribution is -2.28. The first kappa shape index (κ1) is 19.3. The minimum absolute atomic E-state index is 0.266. The van der Waals surface area contributed by atoms with E-state index in [1.807, 2.05) is 44.2 Å². The van der Waals surface area contributed by atoms with E-state index >= 15 is 0 Å². The van der Waals surface area contributed by atoms with Gasteiger partial charge in [-0.2, -0.15) is 0 Å². The summed E-state index contributed by atoms with van der Waals surface area (Å²) < 4.78 is 0. The smallest absolute Gasteiger partial charge is 0.320 e. The number of aromatic nitrogens is 2. The van der Waals surface area contributed by atoms with Gasteiger partial charge < -0.3 is 11.1 Å². The molecule has 2 heterocycles. The maximum atomic E-state index is 11.9. The number of nitrogens with two attached hydrogens (primary N) is 1. The number of hydrogen-bond donors (Lipinski definition) is 3. The Morgan fingerprint density at radius 3 is 2.64 bits per heavy atom. The summed E-state index contributed by atoms with van der Waals surface area (Å²) >= 11 is 0. The van der Waals surface area contributed by atoms with Crippen molar-refractivity contribution in [1.82, 2.24) is 15.3 Å². The van der Waals surface area contributed by atoms with Crippen molar-refractivity contribution in [3.8, 4) is 11.1 Å². The van der Waals surface area contributed by atoms with E-state index in [-0.39, 0.29) is 18.4 Å². The Labute approximate surface area is 163 Å². The highest BCUT2D eigenvalue weighted by atomic mass is 16.2. The van der Waals surface area contributed by atoms with Crippen molar-refractivity contribution in [3.63, 3.8) is 0 Å². The second-order valence-corrected chi connectivity index (χ2v) is 6.52. The first-order valence-corrected chi connectivity index (χ1v) is 9.15.